The first-order valence-electron chi connectivity index (χ1n) is 9.57. The molecule has 0 amide bonds. The molecule has 0 spiro atoms. The van der Waals surface area contributed by atoms with E-state index in [0.29, 0.717) is 12.1 Å². The van der Waals surface area contributed by atoms with Crippen LogP contribution >= 0.6 is 0 Å². The number of likely N-dealkylation sites (tertiary alicyclic amines) is 1. The number of benzene rings is 1. The van der Waals surface area contributed by atoms with Gasteiger partial charge in [-0.25, -0.2) is 17.2 Å². The quantitative estimate of drug-likeness (QED) is 0.770. The van der Waals surface area contributed by atoms with Crippen LogP contribution in [0.2, 0.25) is 0 Å². The summed E-state index contributed by atoms with van der Waals surface area (Å²) in [6.07, 6.45) is 10.5. The second-order valence-corrected chi connectivity index (χ2v) is 9.74. The van der Waals surface area contributed by atoms with E-state index >= 15 is 0 Å². The molecule has 4 aliphatic rings. The van der Waals surface area contributed by atoms with E-state index < -0.39 is 21.7 Å². The summed E-state index contributed by atoms with van der Waals surface area (Å²) in [7, 11) is -3.31. The van der Waals surface area contributed by atoms with Gasteiger partial charge in [0, 0.05) is 24.0 Å². The third-order valence-corrected chi connectivity index (χ3v) is 8.01. The maximum absolute atomic E-state index is 14.3. The van der Waals surface area contributed by atoms with E-state index in [1.165, 1.54) is 16.5 Å². The average Bonchev–Trinajstić information content (AvgIpc) is 3.28. The lowest BCUT2D eigenvalue weighted by Gasteiger charge is -2.34. The van der Waals surface area contributed by atoms with Crippen molar-refractivity contribution in [3.05, 3.63) is 71.2 Å². The summed E-state index contributed by atoms with van der Waals surface area (Å²) in [4.78, 5) is 2.07. The van der Waals surface area contributed by atoms with E-state index in [0.717, 1.165) is 49.7 Å². The van der Waals surface area contributed by atoms with Crippen LogP contribution in [0.15, 0.2) is 54.0 Å². The molecule has 1 aromatic rings. The van der Waals surface area contributed by atoms with Crippen LogP contribution in [0.5, 0.6) is 0 Å². The molecule has 3 aliphatic heterocycles. The van der Waals surface area contributed by atoms with Crippen LogP contribution in [0.3, 0.4) is 0 Å². The highest BCUT2D eigenvalue weighted by Gasteiger charge is 2.44. The normalized spacial score (nSPS) is 25.1. The molecule has 0 aromatic heterocycles. The molecule has 1 saturated heterocycles. The molecule has 0 N–H and O–H groups in total. The minimum atomic E-state index is -3.31. The predicted molar refractivity (Wildman–Crippen MR) is 101 cm³/mol. The molecule has 1 aromatic carbocycles. The van der Waals surface area contributed by atoms with Crippen LogP contribution in [-0.4, -0.2) is 41.1 Å². The number of fused-ring (bicyclic) bond motifs is 1. The van der Waals surface area contributed by atoms with Crippen molar-refractivity contribution in [2.24, 2.45) is 0 Å². The van der Waals surface area contributed by atoms with Crippen molar-refractivity contribution in [3.8, 4) is 0 Å². The van der Waals surface area contributed by atoms with Crippen LogP contribution in [0.1, 0.15) is 37.3 Å². The third kappa shape index (κ3) is 2.86. The molecule has 5 nitrogen and oxygen atoms in total. The van der Waals surface area contributed by atoms with Gasteiger partial charge in [0.25, 0.3) is 0 Å². The first-order valence-corrected chi connectivity index (χ1v) is 11.1. The SMILES string of the molecule is O=S(=O)(C1CC1)N1CC=C2C=C(N3CCC[C@@H]3c3cc(F)ccc3F)C=CN21. The maximum atomic E-state index is 14.3. The molecule has 5 rings (SSSR count). The van der Waals surface area contributed by atoms with E-state index in [4.69, 9.17) is 0 Å². The molecular weight excluding hydrogens is 384 g/mol. The van der Waals surface area contributed by atoms with Gasteiger partial charge in [-0.3, -0.25) is 5.01 Å². The summed E-state index contributed by atoms with van der Waals surface area (Å²) >= 11 is 0. The zero-order chi connectivity index (χ0) is 19.5. The van der Waals surface area contributed by atoms with Gasteiger partial charge < -0.3 is 4.90 Å². The minimum Gasteiger partial charge on any atom is -0.364 e. The summed E-state index contributed by atoms with van der Waals surface area (Å²) in [5.41, 5.74) is 2.05. The van der Waals surface area contributed by atoms with E-state index in [1.54, 1.807) is 11.2 Å². The number of hydrogen-bond acceptors (Lipinski definition) is 4. The molecule has 0 unspecified atom stereocenters. The van der Waals surface area contributed by atoms with Crippen LogP contribution in [0.25, 0.3) is 0 Å². The summed E-state index contributed by atoms with van der Waals surface area (Å²) in [6, 6.07) is 3.35. The topological polar surface area (TPSA) is 43.9 Å². The van der Waals surface area contributed by atoms with Gasteiger partial charge in [0.1, 0.15) is 11.6 Å². The van der Waals surface area contributed by atoms with Crippen molar-refractivity contribution in [1.29, 1.82) is 0 Å². The van der Waals surface area contributed by atoms with E-state index in [9.17, 15) is 17.2 Å². The van der Waals surface area contributed by atoms with Crippen molar-refractivity contribution in [1.82, 2.24) is 14.3 Å². The Morgan fingerprint density at radius 1 is 1.07 bits per heavy atom. The van der Waals surface area contributed by atoms with Gasteiger partial charge in [-0.2, -0.15) is 0 Å². The Balaban J connectivity index is 1.41. The van der Waals surface area contributed by atoms with Gasteiger partial charge in [0.15, 0.2) is 0 Å². The molecule has 1 saturated carbocycles. The molecule has 2 fully saturated rings. The Bertz CT molecular complexity index is 1010. The Labute approximate surface area is 163 Å². The lowest BCUT2D eigenvalue weighted by Crippen LogP contribution is -2.41. The molecule has 1 atom stereocenters. The molecule has 148 valence electrons. The molecule has 0 radical (unpaired) electrons. The van der Waals surface area contributed by atoms with Crippen molar-refractivity contribution in [2.45, 2.75) is 37.0 Å². The van der Waals surface area contributed by atoms with Gasteiger partial charge >= 0.3 is 0 Å². The van der Waals surface area contributed by atoms with Gasteiger partial charge in [0.05, 0.1) is 23.5 Å². The highest BCUT2D eigenvalue weighted by atomic mass is 32.2. The van der Waals surface area contributed by atoms with Gasteiger partial charge in [-0.05, 0) is 62.1 Å². The Morgan fingerprint density at radius 3 is 2.68 bits per heavy atom. The summed E-state index contributed by atoms with van der Waals surface area (Å²) < 4.78 is 54.6. The van der Waals surface area contributed by atoms with Crippen molar-refractivity contribution >= 4 is 10.0 Å². The fraction of sp³-hybridized carbons (Fsp3) is 0.400. The number of rotatable bonds is 4. The number of sulfonamides is 1. The highest BCUT2D eigenvalue weighted by Crippen LogP contribution is 2.40. The van der Waals surface area contributed by atoms with Crippen LogP contribution in [0, 0.1) is 11.6 Å². The Kier molecular flexibility index (Phi) is 4.10. The van der Waals surface area contributed by atoms with Crippen molar-refractivity contribution in [3.63, 3.8) is 0 Å². The lowest BCUT2D eigenvalue weighted by molar-refractivity contribution is 0.205. The largest absolute Gasteiger partial charge is 0.364 e. The standard InChI is InChI=1S/C20H21F2N3O2S/c21-14-3-6-19(22)18(12-14)20-2-1-9-23(20)15-7-10-24-16(13-15)8-11-25(24)28(26,27)17-4-5-17/h3,6-8,10,12-13,17,20H,1-2,4-5,9,11H2/t20-/m1/s1. The fourth-order valence-corrected chi connectivity index (χ4v) is 5.98. The summed E-state index contributed by atoms with van der Waals surface area (Å²) in [5, 5.41) is 1.41. The molecular formula is C20H21F2N3O2S. The average molecular weight is 405 g/mol. The fourth-order valence-electron chi connectivity index (χ4n) is 4.23. The number of hydrazine groups is 1. The molecule has 1 aliphatic carbocycles. The van der Waals surface area contributed by atoms with Gasteiger partial charge in [-0.15, -0.1) is 4.41 Å². The lowest BCUT2D eigenvalue weighted by atomic mass is 10.0. The smallest absolute Gasteiger partial charge is 0.234 e. The first kappa shape index (κ1) is 17.9. The minimum absolute atomic E-state index is 0.230. The van der Waals surface area contributed by atoms with Crippen LogP contribution in [0.4, 0.5) is 8.78 Å². The molecule has 0 bridgehead atoms. The second-order valence-electron chi connectivity index (χ2n) is 7.62. The summed E-state index contributed by atoms with van der Waals surface area (Å²) in [6.45, 7) is 1.07. The zero-order valence-corrected chi connectivity index (χ0v) is 16.1. The first-order chi connectivity index (χ1) is 13.4. The second kappa shape index (κ2) is 6.42. The Morgan fingerprint density at radius 2 is 1.89 bits per heavy atom. The molecule has 28 heavy (non-hydrogen) atoms. The van der Waals surface area contributed by atoms with Crippen LogP contribution in [-0.2, 0) is 10.0 Å². The van der Waals surface area contributed by atoms with Gasteiger partial charge in [0.2, 0.25) is 10.0 Å². The monoisotopic (exact) mass is 405 g/mol. The van der Waals surface area contributed by atoms with Crippen LogP contribution < -0.4 is 0 Å². The third-order valence-electron chi connectivity index (χ3n) is 5.78. The van der Waals surface area contributed by atoms with Gasteiger partial charge in [-0.1, -0.05) is 0 Å². The number of halogens is 2. The zero-order valence-electron chi connectivity index (χ0n) is 15.3. The predicted octanol–water partition coefficient (Wildman–Crippen LogP) is 3.42. The maximum Gasteiger partial charge on any atom is 0.234 e. The molecule has 8 heteroatoms. The highest BCUT2D eigenvalue weighted by molar-refractivity contribution is 7.90. The Hall–Kier alpha value is -2.19. The van der Waals surface area contributed by atoms with E-state index in [2.05, 4.69) is 4.90 Å². The summed E-state index contributed by atoms with van der Waals surface area (Å²) in [5.74, 6) is -0.843. The van der Waals surface area contributed by atoms with Crippen molar-refractivity contribution < 1.29 is 17.2 Å². The molecule has 3 heterocycles. The van der Waals surface area contributed by atoms with E-state index in [1.807, 2.05) is 18.2 Å². The number of nitrogens with zero attached hydrogens (tertiary/aromatic N) is 3. The van der Waals surface area contributed by atoms with E-state index in [-0.39, 0.29) is 11.3 Å². The number of hydrogen-bond donors (Lipinski definition) is 0. The van der Waals surface area contributed by atoms with Crippen molar-refractivity contribution in [2.75, 3.05) is 13.1 Å². The number of allylic oxidation sites excluding steroid dienone is 2.